The fraction of sp³-hybridized carbons (Fsp3) is 0.647. The second kappa shape index (κ2) is 7.48. The maximum atomic E-state index is 2.65. The predicted octanol–water partition coefficient (Wildman–Crippen LogP) is 3.22. The van der Waals surface area contributed by atoms with Gasteiger partial charge >= 0.3 is 0 Å². The third kappa shape index (κ3) is 4.80. The van der Waals surface area contributed by atoms with Gasteiger partial charge in [0, 0.05) is 36.3 Å². The zero-order valence-corrected chi connectivity index (χ0v) is 14.1. The van der Waals surface area contributed by atoms with E-state index >= 15 is 0 Å². The maximum Gasteiger partial charge on any atom is 0.0263 e. The highest BCUT2D eigenvalue weighted by molar-refractivity contribution is 8.00. The molecule has 0 saturated heterocycles. The van der Waals surface area contributed by atoms with Crippen LogP contribution < -0.4 is 0 Å². The summed E-state index contributed by atoms with van der Waals surface area (Å²) in [5, 5.41) is 0.730. The number of hydrogen-bond donors (Lipinski definition) is 0. The highest BCUT2D eigenvalue weighted by atomic mass is 32.2. The van der Waals surface area contributed by atoms with Gasteiger partial charge in [0.05, 0.1) is 0 Å². The normalized spacial score (nSPS) is 18.2. The molecular weight excluding hydrogens is 264 g/mol. The number of hydrogen-bond acceptors (Lipinski definition) is 3. The number of benzene rings is 1. The highest BCUT2D eigenvalue weighted by Crippen LogP contribution is 2.37. The van der Waals surface area contributed by atoms with Crippen molar-refractivity contribution in [1.29, 1.82) is 0 Å². The van der Waals surface area contributed by atoms with Gasteiger partial charge < -0.3 is 9.80 Å². The average Bonchev–Trinajstić information content (AvgIpc) is 2.77. The molecule has 1 aliphatic rings. The average molecular weight is 292 g/mol. The summed E-state index contributed by atoms with van der Waals surface area (Å²) in [4.78, 5) is 6.42. The van der Waals surface area contributed by atoms with Crippen LogP contribution in [0.15, 0.2) is 29.2 Å². The van der Waals surface area contributed by atoms with Crippen LogP contribution in [0.1, 0.15) is 19.4 Å². The van der Waals surface area contributed by atoms with Gasteiger partial charge in [-0.15, -0.1) is 11.8 Å². The van der Waals surface area contributed by atoms with Crippen LogP contribution in [0.5, 0.6) is 0 Å². The lowest BCUT2D eigenvalue weighted by Crippen LogP contribution is -2.38. The van der Waals surface area contributed by atoms with Gasteiger partial charge in [-0.3, -0.25) is 0 Å². The fourth-order valence-corrected chi connectivity index (χ4v) is 4.13. The Hall–Kier alpha value is -0.510. The monoisotopic (exact) mass is 292 g/mol. The SMILES string of the molecule is CC(C)CN(CCN(C)C)CC1Cc2ccccc2S1. The molecule has 0 radical (unpaired) electrons. The number of rotatable bonds is 7. The Morgan fingerprint density at radius 1 is 1.20 bits per heavy atom. The van der Waals surface area contributed by atoms with Gasteiger partial charge in [0.15, 0.2) is 0 Å². The minimum Gasteiger partial charge on any atom is -0.308 e. The molecule has 0 saturated carbocycles. The standard InChI is InChI=1S/C17H28N2S/c1-14(2)12-19(10-9-18(3)4)13-16-11-15-7-5-6-8-17(15)20-16/h5-8,14,16H,9-13H2,1-4H3. The topological polar surface area (TPSA) is 6.48 Å². The lowest BCUT2D eigenvalue weighted by molar-refractivity contribution is 0.220. The zero-order chi connectivity index (χ0) is 14.5. The summed E-state index contributed by atoms with van der Waals surface area (Å²) in [6.07, 6.45) is 1.23. The molecule has 2 rings (SSSR count). The number of thioether (sulfide) groups is 1. The summed E-state index contributed by atoms with van der Waals surface area (Å²) in [7, 11) is 4.32. The van der Waals surface area contributed by atoms with E-state index in [0.717, 1.165) is 17.7 Å². The summed E-state index contributed by atoms with van der Waals surface area (Å²) in [5.41, 5.74) is 1.54. The Balaban J connectivity index is 1.88. The molecule has 2 nitrogen and oxygen atoms in total. The maximum absolute atomic E-state index is 2.65. The van der Waals surface area contributed by atoms with E-state index in [1.807, 2.05) is 0 Å². The van der Waals surface area contributed by atoms with E-state index < -0.39 is 0 Å². The van der Waals surface area contributed by atoms with Gasteiger partial charge in [-0.05, 0) is 38.1 Å². The van der Waals surface area contributed by atoms with E-state index in [4.69, 9.17) is 0 Å². The third-order valence-corrected chi connectivity index (χ3v) is 4.96. The largest absolute Gasteiger partial charge is 0.308 e. The Labute approximate surface area is 128 Å². The van der Waals surface area contributed by atoms with Crippen LogP contribution in [0.2, 0.25) is 0 Å². The van der Waals surface area contributed by atoms with Crippen molar-refractivity contribution >= 4 is 11.8 Å². The molecule has 0 fully saturated rings. The van der Waals surface area contributed by atoms with E-state index in [1.165, 1.54) is 31.0 Å². The molecule has 112 valence electrons. The van der Waals surface area contributed by atoms with Crippen molar-refractivity contribution in [3.63, 3.8) is 0 Å². The van der Waals surface area contributed by atoms with Crippen molar-refractivity contribution in [1.82, 2.24) is 9.80 Å². The summed E-state index contributed by atoms with van der Waals surface area (Å²) in [5.74, 6) is 0.742. The number of likely N-dealkylation sites (N-methyl/N-ethyl adjacent to an activating group) is 1. The molecule has 0 bridgehead atoms. The Bertz CT molecular complexity index is 392. The second-order valence-corrected chi connectivity index (χ2v) is 7.85. The second-order valence-electron chi connectivity index (χ2n) is 6.51. The number of nitrogens with zero attached hydrogens (tertiary/aromatic N) is 2. The summed E-state index contributed by atoms with van der Waals surface area (Å²) in [6.45, 7) is 9.39. The molecule has 0 N–H and O–H groups in total. The smallest absolute Gasteiger partial charge is 0.0263 e. The van der Waals surface area contributed by atoms with Crippen LogP contribution in [0.3, 0.4) is 0 Å². The highest BCUT2D eigenvalue weighted by Gasteiger charge is 2.24. The lowest BCUT2D eigenvalue weighted by Gasteiger charge is -2.28. The van der Waals surface area contributed by atoms with Crippen LogP contribution in [0.25, 0.3) is 0 Å². The van der Waals surface area contributed by atoms with Gasteiger partial charge in [0.1, 0.15) is 0 Å². The van der Waals surface area contributed by atoms with Gasteiger partial charge in [0.25, 0.3) is 0 Å². The minimum atomic E-state index is 0.730. The first-order valence-electron chi connectivity index (χ1n) is 7.66. The van der Waals surface area contributed by atoms with Crippen molar-refractivity contribution in [2.24, 2.45) is 5.92 Å². The number of fused-ring (bicyclic) bond motifs is 1. The van der Waals surface area contributed by atoms with E-state index in [-0.39, 0.29) is 0 Å². The zero-order valence-electron chi connectivity index (χ0n) is 13.3. The quantitative estimate of drug-likeness (QED) is 0.762. The first kappa shape index (κ1) is 15.9. The van der Waals surface area contributed by atoms with Crippen molar-refractivity contribution < 1.29 is 0 Å². The molecule has 0 spiro atoms. The Morgan fingerprint density at radius 3 is 2.60 bits per heavy atom. The van der Waals surface area contributed by atoms with Crippen molar-refractivity contribution in [2.45, 2.75) is 30.4 Å². The molecule has 0 amide bonds. The first-order chi connectivity index (χ1) is 9.54. The van der Waals surface area contributed by atoms with Crippen molar-refractivity contribution in [2.75, 3.05) is 40.3 Å². The Kier molecular flexibility index (Phi) is 5.94. The molecule has 0 aliphatic carbocycles. The van der Waals surface area contributed by atoms with Crippen molar-refractivity contribution in [3.05, 3.63) is 29.8 Å². The fourth-order valence-electron chi connectivity index (χ4n) is 2.76. The summed E-state index contributed by atoms with van der Waals surface area (Å²) < 4.78 is 0. The molecule has 1 aromatic rings. The van der Waals surface area contributed by atoms with Gasteiger partial charge in [-0.1, -0.05) is 32.0 Å². The lowest BCUT2D eigenvalue weighted by atomic mass is 10.1. The Morgan fingerprint density at radius 2 is 1.95 bits per heavy atom. The van der Waals surface area contributed by atoms with Crippen LogP contribution in [0, 0.1) is 5.92 Å². The van der Waals surface area contributed by atoms with Gasteiger partial charge in [-0.2, -0.15) is 0 Å². The molecule has 1 aromatic carbocycles. The molecule has 1 aliphatic heterocycles. The third-order valence-electron chi connectivity index (χ3n) is 3.66. The van der Waals surface area contributed by atoms with Gasteiger partial charge in [-0.25, -0.2) is 0 Å². The van der Waals surface area contributed by atoms with E-state index in [1.54, 1.807) is 5.56 Å². The first-order valence-corrected chi connectivity index (χ1v) is 8.54. The van der Waals surface area contributed by atoms with Crippen LogP contribution in [-0.4, -0.2) is 55.3 Å². The van der Waals surface area contributed by atoms with E-state index in [0.29, 0.717) is 0 Å². The summed E-state index contributed by atoms with van der Waals surface area (Å²) >= 11 is 2.07. The van der Waals surface area contributed by atoms with E-state index in [2.05, 4.69) is 73.8 Å². The van der Waals surface area contributed by atoms with Crippen LogP contribution in [0.4, 0.5) is 0 Å². The van der Waals surface area contributed by atoms with Crippen LogP contribution in [-0.2, 0) is 6.42 Å². The molecule has 0 aromatic heterocycles. The molecule has 1 unspecified atom stereocenters. The summed E-state index contributed by atoms with van der Waals surface area (Å²) in [6, 6.07) is 8.88. The molecule has 1 heterocycles. The van der Waals surface area contributed by atoms with Gasteiger partial charge in [0.2, 0.25) is 0 Å². The van der Waals surface area contributed by atoms with Crippen molar-refractivity contribution in [3.8, 4) is 0 Å². The molecular formula is C17H28N2S. The molecule has 3 heteroatoms. The minimum absolute atomic E-state index is 0.730. The molecule has 20 heavy (non-hydrogen) atoms. The van der Waals surface area contributed by atoms with Crippen LogP contribution >= 0.6 is 11.8 Å². The predicted molar refractivity (Wildman–Crippen MR) is 89.6 cm³/mol. The molecule has 1 atom stereocenters. The van der Waals surface area contributed by atoms with E-state index in [9.17, 15) is 0 Å².